The lowest BCUT2D eigenvalue weighted by Crippen LogP contribution is -2.33. The molecular formula is C10H17Cl2P. The summed E-state index contributed by atoms with van der Waals surface area (Å²) in [5.41, 5.74) is 1.45. The molecule has 2 rings (SSSR count). The van der Waals surface area contributed by atoms with Crippen LogP contribution in [-0.2, 0) is 0 Å². The van der Waals surface area contributed by atoms with Crippen molar-refractivity contribution in [1.82, 2.24) is 0 Å². The van der Waals surface area contributed by atoms with Crippen LogP contribution in [0.25, 0.3) is 0 Å². The fraction of sp³-hybridized carbons (Fsp3) is 1.00. The molecule has 0 radical (unpaired) electrons. The van der Waals surface area contributed by atoms with E-state index >= 15 is 0 Å². The predicted molar refractivity (Wildman–Crippen MR) is 61.6 cm³/mol. The van der Waals surface area contributed by atoms with Crippen molar-refractivity contribution in [3.8, 4) is 0 Å². The van der Waals surface area contributed by atoms with Gasteiger partial charge in [0.1, 0.15) is 0 Å². The van der Waals surface area contributed by atoms with Gasteiger partial charge in [-0.05, 0) is 36.0 Å². The van der Waals surface area contributed by atoms with E-state index in [0.717, 1.165) is 5.92 Å². The average Bonchev–Trinajstić information content (AvgIpc) is 2.34. The van der Waals surface area contributed by atoms with Crippen molar-refractivity contribution >= 4 is 29.1 Å². The number of rotatable bonds is 1. The highest BCUT2D eigenvalue weighted by molar-refractivity contribution is 8.04. The Morgan fingerprint density at radius 3 is 2.08 bits per heavy atom. The van der Waals surface area contributed by atoms with E-state index in [4.69, 9.17) is 22.5 Å². The molecule has 0 N–H and O–H groups in total. The molecule has 3 atom stereocenters. The summed E-state index contributed by atoms with van der Waals surface area (Å²) in [7, 11) is 0. The third-order valence-electron chi connectivity index (χ3n) is 4.98. The Morgan fingerprint density at radius 2 is 1.85 bits per heavy atom. The first kappa shape index (κ1) is 10.5. The van der Waals surface area contributed by atoms with Crippen LogP contribution in [0, 0.1) is 16.7 Å². The Balaban J connectivity index is 2.33. The van der Waals surface area contributed by atoms with Gasteiger partial charge in [0.25, 0.3) is 0 Å². The van der Waals surface area contributed by atoms with Crippen LogP contribution in [0.3, 0.4) is 0 Å². The molecule has 0 aliphatic heterocycles. The zero-order valence-corrected chi connectivity index (χ0v) is 10.9. The van der Waals surface area contributed by atoms with Crippen LogP contribution in [0.1, 0.15) is 40.0 Å². The second-order valence-electron chi connectivity index (χ2n) is 5.39. The molecular weight excluding hydrogens is 222 g/mol. The van der Waals surface area contributed by atoms with E-state index in [1.807, 2.05) is 0 Å². The summed E-state index contributed by atoms with van der Waals surface area (Å²) >= 11 is 12.3. The lowest BCUT2D eigenvalue weighted by atomic mass is 9.71. The van der Waals surface area contributed by atoms with Crippen LogP contribution in [0.5, 0.6) is 0 Å². The van der Waals surface area contributed by atoms with Crippen LogP contribution < -0.4 is 0 Å². The fourth-order valence-corrected chi connectivity index (χ4v) is 6.53. The number of halogens is 2. The van der Waals surface area contributed by atoms with Gasteiger partial charge in [0.15, 0.2) is 0 Å². The minimum Gasteiger partial charge on any atom is -0.0778 e. The summed E-state index contributed by atoms with van der Waals surface area (Å²) in [6, 6.07) is 0. The summed E-state index contributed by atoms with van der Waals surface area (Å²) in [5.74, 6) is 0.866. The van der Waals surface area contributed by atoms with Gasteiger partial charge >= 0.3 is 0 Å². The van der Waals surface area contributed by atoms with E-state index in [-0.39, 0.29) is 0 Å². The standard InChI is InChI=1S/C10H17Cl2P/c1-9(2)7-4-5-10(9,3)8(6-7)13(11)12/h7-8H,4-6H2,1-3H3/t7-,8-,10+/m0/s1. The molecule has 2 fully saturated rings. The topological polar surface area (TPSA) is 0 Å². The predicted octanol–water partition coefficient (Wildman–Crippen LogP) is 4.99. The maximum Gasteiger partial charge on any atom is 0.0891 e. The van der Waals surface area contributed by atoms with Crippen molar-refractivity contribution in [1.29, 1.82) is 0 Å². The highest BCUT2D eigenvalue weighted by Crippen LogP contribution is 2.75. The molecule has 0 unspecified atom stereocenters. The Morgan fingerprint density at radius 1 is 1.23 bits per heavy atom. The van der Waals surface area contributed by atoms with Gasteiger partial charge in [-0.2, -0.15) is 0 Å². The molecule has 0 amide bonds. The van der Waals surface area contributed by atoms with Crippen molar-refractivity contribution in [2.45, 2.75) is 45.7 Å². The van der Waals surface area contributed by atoms with E-state index in [9.17, 15) is 0 Å². The quantitative estimate of drug-likeness (QED) is 0.565. The summed E-state index contributed by atoms with van der Waals surface area (Å²) in [5, 5.41) is 0. The third kappa shape index (κ3) is 1.22. The Labute approximate surface area is 91.7 Å². The maximum absolute atomic E-state index is 6.13. The summed E-state index contributed by atoms with van der Waals surface area (Å²) in [6.07, 6.45) is 3.98. The van der Waals surface area contributed by atoms with Gasteiger partial charge in [-0.15, -0.1) is 0 Å². The minimum atomic E-state index is -0.779. The zero-order valence-electron chi connectivity index (χ0n) is 8.48. The van der Waals surface area contributed by atoms with Crippen LogP contribution in [0.4, 0.5) is 0 Å². The van der Waals surface area contributed by atoms with E-state index < -0.39 is 6.63 Å². The van der Waals surface area contributed by atoms with E-state index in [2.05, 4.69) is 20.8 Å². The van der Waals surface area contributed by atoms with Gasteiger partial charge in [-0.1, -0.05) is 43.3 Å². The largest absolute Gasteiger partial charge is 0.0891 e. The van der Waals surface area contributed by atoms with Crippen molar-refractivity contribution in [3.63, 3.8) is 0 Å². The molecule has 2 aliphatic rings. The van der Waals surface area contributed by atoms with Crippen molar-refractivity contribution < 1.29 is 0 Å². The smallest absolute Gasteiger partial charge is 0.0778 e. The van der Waals surface area contributed by atoms with Crippen LogP contribution in [-0.4, -0.2) is 5.66 Å². The fourth-order valence-electron chi connectivity index (χ4n) is 3.46. The van der Waals surface area contributed by atoms with Gasteiger partial charge in [-0.25, -0.2) is 0 Å². The molecule has 0 aromatic rings. The first-order valence-electron chi connectivity index (χ1n) is 5.00. The molecule has 2 aliphatic carbocycles. The van der Waals surface area contributed by atoms with E-state index in [0.29, 0.717) is 16.5 Å². The molecule has 2 bridgehead atoms. The molecule has 2 saturated carbocycles. The van der Waals surface area contributed by atoms with Gasteiger partial charge in [0.05, 0.1) is 6.63 Å². The zero-order chi connectivity index (χ0) is 9.85. The van der Waals surface area contributed by atoms with Crippen molar-refractivity contribution in [3.05, 3.63) is 0 Å². The van der Waals surface area contributed by atoms with Gasteiger partial charge in [0, 0.05) is 5.66 Å². The Kier molecular flexibility index (Phi) is 2.43. The summed E-state index contributed by atoms with van der Waals surface area (Å²) in [4.78, 5) is 0. The number of hydrogen-bond donors (Lipinski definition) is 0. The summed E-state index contributed by atoms with van der Waals surface area (Å²) < 4.78 is 0. The SMILES string of the molecule is CC1(C)[C@H]2CC[C@]1(C)[C@@H](P(Cl)Cl)C2. The maximum atomic E-state index is 6.13. The monoisotopic (exact) mass is 238 g/mol. The Hall–Kier alpha value is 1.01. The molecule has 0 aromatic carbocycles. The second-order valence-corrected chi connectivity index (χ2v) is 9.23. The molecule has 0 saturated heterocycles. The molecule has 0 nitrogen and oxygen atoms in total. The average molecular weight is 239 g/mol. The van der Waals surface area contributed by atoms with E-state index in [1.165, 1.54) is 19.3 Å². The van der Waals surface area contributed by atoms with Crippen molar-refractivity contribution in [2.24, 2.45) is 16.7 Å². The normalized spacial score (nSPS) is 47.5. The first-order chi connectivity index (χ1) is 5.89. The van der Waals surface area contributed by atoms with Gasteiger partial charge in [0.2, 0.25) is 0 Å². The van der Waals surface area contributed by atoms with Gasteiger partial charge < -0.3 is 0 Å². The highest BCUT2D eigenvalue weighted by atomic mass is 35.9. The van der Waals surface area contributed by atoms with Crippen LogP contribution in [0.2, 0.25) is 0 Å². The Bertz CT molecular complexity index is 227. The molecule has 0 heterocycles. The molecule has 0 aromatic heterocycles. The molecule has 3 heteroatoms. The molecule has 76 valence electrons. The summed E-state index contributed by atoms with van der Waals surface area (Å²) in [6.45, 7) is 6.41. The first-order valence-corrected chi connectivity index (χ1v) is 8.22. The number of fused-ring (bicyclic) bond motifs is 2. The second kappa shape index (κ2) is 3.00. The van der Waals surface area contributed by atoms with Crippen LogP contribution in [0.15, 0.2) is 0 Å². The molecule has 0 spiro atoms. The van der Waals surface area contributed by atoms with Crippen molar-refractivity contribution in [2.75, 3.05) is 0 Å². The minimum absolute atomic E-state index is 0.410. The molecule has 13 heavy (non-hydrogen) atoms. The lowest BCUT2D eigenvalue weighted by Gasteiger charge is -2.39. The highest BCUT2D eigenvalue weighted by Gasteiger charge is 2.62. The van der Waals surface area contributed by atoms with Crippen LogP contribution >= 0.6 is 29.1 Å². The van der Waals surface area contributed by atoms with E-state index in [1.54, 1.807) is 0 Å². The van der Waals surface area contributed by atoms with Gasteiger partial charge in [-0.3, -0.25) is 0 Å². The lowest BCUT2D eigenvalue weighted by molar-refractivity contribution is 0.156. The number of hydrogen-bond acceptors (Lipinski definition) is 0. The third-order valence-corrected chi connectivity index (χ3v) is 7.65.